The average molecular weight is 400 g/mol. The third-order valence-corrected chi connectivity index (χ3v) is 5.36. The van der Waals surface area contributed by atoms with Gasteiger partial charge in [-0.2, -0.15) is 0 Å². The average Bonchev–Trinajstić information content (AvgIpc) is 3.18. The van der Waals surface area contributed by atoms with Crippen LogP contribution in [0.3, 0.4) is 0 Å². The summed E-state index contributed by atoms with van der Waals surface area (Å²) in [5.74, 6) is 0.232. The van der Waals surface area contributed by atoms with Gasteiger partial charge >= 0.3 is 0 Å². The van der Waals surface area contributed by atoms with Gasteiger partial charge in [0.25, 0.3) is 0 Å². The molecule has 0 atom stereocenters. The molecule has 0 unspecified atom stereocenters. The molecule has 4 nitrogen and oxygen atoms in total. The van der Waals surface area contributed by atoms with Crippen molar-refractivity contribution < 1.29 is 4.79 Å². The molecule has 0 saturated carbocycles. The molecular weight excluding hydrogens is 378 g/mol. The third kappa shape index (κ3) is 4.76. The Bertz CT molecular complexity index is 1110. The first-order chi connectivity index (χ1) is 14.2. The summed E-state index contributed by atoms with van der Waals surface area (Å²) in [7, 11) is 0. The Hall–Kier alpha value is -3.31. The molecule has 0 aliphatic heterocycles. The number of para-hydroxylation sites is 1. The van der Waals surface area contributed by atoms with E-state index in [1.165, 1.54) is 11.8 Å². The van der Waals surface area contributed by atoms with Crippen LogP contribution >= 0.6 is 11.8 Å². The van der Waals surface area contributed by atoms with Gasteiger partial charge in [-0.3, -0.25) is 9.36 Å². The lowest BCUT2D eigenvalue weighted by Crippen LogP contribution is -2.14. The molecule has 0 spiro atoms. The number of aryl methyl sites for hydroxylation is 1. The summed E-state index contributed by atoms with van der Waals surface area (Å²) in [6, 6.07) is 27.9. The minimum atomic E-state index is -0.0514. The highest BCUT2D eigenvalue weighted by atomic mass is 32.2. The van der Waals surface area contributed by atoms with Crippen LogP contribution in [0.2, 0.25) is 0 Å². The maximum Gasteiger partial charge on any atom is 0.234 e. The molecule has 0 saturated heterocycles. The summed E-state index contributed by atoms with van der Waals surface area (Å²) in [6.07, 6.45) is 2.02. The van der Waals surface area contributed by atoms with E-state index in [9.17, 15) is 4.79 Å². The number of carbonyl (C=O) groups is 1. The summed E-state index contributed by atoms with van der Waals surface area (Å²) in [5.41, 5.74) is 4.88. The van der Waals surface area contributed by atoms with E-state index >= 15 is 0 Å². The van der Waals surface area contributed by atoms with E-state index < -0.39 is 0 Å². The number of rotatable bonds is 6. The van der Waals surface area contributed by atoms with E-state index in [-0.39, 0.29) is 11.7 Å². The number of amides is 1. The number of nitrogens with one attached hydrogen (secondary N) is 1. The molecule has 0 fully saturated rings. The van der Waals surface area contributed by atoms with Gasteiger partial charge in [0.05, 0.1) is 11.4 Å². The molecule has 0 aliphatic carbocycles. The maximum absolute atomic E-state index is 12.5. The van der Waals surface area contributed by atoms with Crippen LogP contribution in [0.1, 0.15) is 5.56 Å². The lowest BCUT2D eigenvalue weighted by atomic mass is 10.2. The van der Waals surface area contributed by atoms with Crippen molar-refractivity contribution in [3.05, 3.63) is 96.7 Å². The Labute approximate surface area is 174 Å². The topological polar surface area (TPSA) is 46.9 Å². The summed E-state index contributed by atoms with van der Waals surface area (Å²) < 4.78 is 2.03. The first-order valence-corrected chi connectivity index (χ1v) is 10.4. The fourth-order valence-electron chi connectivity index (χ4n) is 3.04. The zero-order valence-electron chi connectivity index (χ0n) is 16.1. The van der Waals surface area contributed by atoms with Crippen molar-refractivity contribution in [2.24, 2.45) is 0 Å². The molecule has 1 heterocycles. The van der Waals surface area contributed by atoms with Crippen LogP contribution in [0.15, 0.2) is 96.3 Å². The van der Waals surface area contributed by atoms with Crippen LogP contribution in [-0.2, 0) is 4.79 Å². The van der Waals surface area contributed by atoms with Crippen molar-refractivity contribution in [2.75, 3.05) is 11.1 Å². The van der Waals surface area contributed by atoms with Gasteiger partial charge in [-0.25, -0.2) is 4.98 Å². The van der Waals surface area contributed by atoms with Crippen LogP contribution in [0.25, 0.3) is 16.9 Å². The van der Waals surface area contributed by atoms with Crippen molar-refractivity contribution in [3.8, 4) is 16.9 Å². The molecule has 0 bridgehead atoms. The smallest absolute Gasteiger partial charge is 0.234 e. The van der Waals surface area contributed by atoms with E-state index in [1.54, 1.807) is 0 Å². The zero-order valence-corrected chi connectivity index (χ0v) is 16.9. The monoisotopic (exact) mass is 399 g/mol. The number of benzene rings is 3. The molecule has 29 heavy (non-hydrogen) atoms. The number of hydrogen-bond acceptors (Lipinski definition) is 3. The third-order valence-electron chi connectivity index (χ3n) is 4.41. The number of hydrogen-bond donors (Lipinski definition) is 1. The molecule has 4 aromatic rings. The fourth-order valence-corrected chi connectivity index (χ4v) is 3.83. The lowest BCUT2D eigenvalue weighted by Gasteiger charge is -2.08. The molecule has 0 radical (unpaired) electrons. The fraction of sp³-hybridized carbons (Fsp3) is 0.0833. The van der Waals surface area contributed by atoms with Crippen molar-refractivity contribution in [1.29, 1.82) is 0 Å². The second kappa shape index (κ2) is 8.80. The van der Waals surface area contributed by atoms with Gasteiger partial charge in [0.1, 0.15) is 0 Å². The Morgan fingerprint density at radius 3 is 2.41 bits per heavy atom. The van der Waals surface area contributed by atoms with Gasteiger partial charge in [-0.05, 0) is 36.8 Å². The van der Waals surface area contributed by atoms with Gasteiger partial charge in [0, 0.05) is 23.1 Å². The number of imidazole rings is 1. The first kappa shape index (κ1) is 19.0. The molecule has 3 aromatic carbocycles. The molecule has 5 heteroatoms. The van der Waals surface area contributed by atoms with E-state index in [1.807, 2.05) is 103 Å². The Morgan fingerprint density at radius 2 is 1.69 bits per heavy atom. The molecule has 1 aromatic heterocycles. The van der Waals surface area contributed by atoms with Crippen molar-refractivity contribution in [3.63, 3.8) is 0 Å². The van der Waals surface area contributed by atoms with Crippen LogP contribution in [0, 0.1) is 6.92 Å². The number of thioether (sulfide) groups is 1. The Balaban J connectivity index is 1.55. The Kier molecular flexibility index (Phi) is 5.77. The van der Waals surface area contributed by atoms with E-state index in [2.05, 4.69) is 5.32 Å². The van der Waals surface area contributed by atoms with Gasteiger partial charge in [-0.15, -0.1) is 0 Å². The van der Waals surface area contributed by atoms with E-state index in [0.29, 0.717) is 0 Å². The van der Waals surface area contributed by atoms with Crippen LogP contribution < -0.4 is 5.32 Å². The van der Waals surface area contributed by atoms with Crippen molar-refractivity contribution in [2.45, 2.75) is 12.1 Å². The predicted molar refractivity (Wildman–Crippen MR) is 120 cm³/mol. The largest absolute Gasteiger partial charge is 0.325 e. The Morgan fingerprint density at radius 1 is 0.966 bits per heavy atom. The number of carbonyl (C=O) groups excluding carboxylic acids is 1. The summed E-state index contributed by atoms with van der Waals surface area (Å²) in [5, 5.41) is 3.74. The summed E-state index contributed by atoms with van der Waals surface area (Å²) in [6.45, 7) is 2.01. The second-order valence-electron chi connectivity index (χ2n) is 6.69. The molecule has 0 aliphatic rings. The number of anilines is 1. The van der Waals surface area contributed by atoms with Gasteiger partial charge in [-0.1, -0.05) is 72.4 Å². The van der Waals surface area contributed by atoms with Crippen LogP contribution in [0.4, 0.5) is 5.69 Å². The maximum atomic E-state index is 12.5. The lowest BCUT2D eigenvalue weighted by molar-refractivity contribution is -0.113. The van der Waals surface area contributed by atoms with Crippen LogP contribution in [-0.4, -0.2) is 21.2 Å². The quantitative estimate of drug-likeness (QED) is 0.431. The highest BCUT2D eigenvalue weighted by molar-refractivity contribution is 7.99. The SMILES string of the molecule is Cc1cccc(NC(=O)CSc2nc(-c3ccccc3)cn2-c2ccccc2)c1. The van der Waals surface area contributed by atoms with Crippen LogP contribution in [0.5, 0.6) is 0 Å². The summed E-state index contributed by atoms with van der Waals surface area (Å²) in [4.78, 5) is 17.2. The van der Waals surface area contributed by atoms with Gasteiger partial charge in [0.15, 0.2) is 5.16 Å². The first-order valence-electron chi connectivity index (χ1n) is 9.38. The highest BCUT2D eigenvalue weighted by Crippen LogP contribution is 2.27. The normalized spacial score (nSPS) is 10.7. The van der Waals surface area contributed by atoms with Crippen molar-refractivity contribution >= 4 is 23.4 Å². The second-order valence-corrected chi connectivity index (χ2v) is 7.63. The highest BCUT2D eigenvalue weighted by Gasteiger charge is 2.13. The minimum absolute atomic E-state index is 0.0514. The van der Waals surface area contributed by atoms with E-state index in [0.717, 1.165) is 33.4 Å². The standard InChI is InChI=1S/C24H21N3OS/c1-18-9-8-12-20(15-18)25-23(28)17-29-24-26-22(19-10-4-2-5-11-19)16-27(24)21-13-6-3-7-14-21/h2-16H,17H2,1H3,(H,25,28). The predicted octanol–water partition coefficient (Wildman–Crippen LogP) is 5.58. The minimum Gasteiger partial charge on any atom is -0.325 e. The van der Waals surface area contributed by atoms with Gasteiger partial charge < -0.3 is 5.32 Å². The molecule has 1 N–H and O–H groups in total. The number of nitrogens with zero attached hydrogens (tertiary/aromatic N) is 2. The molecule has 4 rings (SSSR count). The number of aromatic nitrogens is 2. The molecular formula is C24H21N3OS. The van der Waals surface area contributed by atoms with Gasteiger partial charge in [0.2, 0.25) is 5.91 Å². The molecule has 144 valence electrons. The van der Waals surface area contributed by atoms with Crippen molar-refractivity contribution in [1.82, 2.24) is 9.55 Å². The zero-order chi connectivity index (χ0) is 20.1. The van der Waals surface area contributed by atoms with E-state index in [4.69, 9.17) is 4.98 Å². The summed E-state index contributed by atoms with van der Waals surface area (Å²) >= 11 is 1.43. The molecule has 1 amide bonds.